The minimum absolute atomic E-state index is 0.193. The Labute approximate surface area is 182 Å². The Bertz CT molecular complexity index is 947. The smallest absolute Gasteiger partial charge is 0.326 e. The summed E-state index contributed by atoms with van der Waals surface area (Å²) in [5.41, 5.74) is 0.892. The molecule has 1 N–H and O–H groups in total. The number of nitrogens with zero attached hydrogens (tertiary/aromatic N) is 2. The van der Waals surface area contributed by atoms with Gasteiger partial charge < -0.3 is 19.5 Å². The van der Waals surface area contributed by atoms with E-state index >= 15 is 0 Å². The molecule has 166 valence electrons. The maximum absolute atomic E-state index is 13.1. The molecule has 0 spiro atoms. The summed E-state index contributed by atoms with van der Waals surface area (Å²) >= 11 is 0. The van der Waals surface area contributed by atoms with Crippen molar-refractivity contribution in [3.63, 3.8) is 0 Å². The molecule has 2 aromatic rings. The van der Waals surface area contributed by atoms with Gasteiger partial charge in [0, 0.05) is 13.0 Å². The topological polar surface area (TPSA) is 80.3 Å². The minimum Gasteiger partial charge on any atom is -0.497 e. The zero-order chi connectivity index (χ0) is 22.6. The van der Waals surface area contributed by atoms with Crippen molar-refractivity contribution in [2.24, 2.45) is 0 Å². The van der Waals surface area contributed by atoms with Crippen molar-refractivity contribution in [1.29, 1.82) is 0 Å². The number of carbonyl (C=O) groups excluding carboxylic acids is 2. The zero-order valence-electron chi connectivity index (χ0n) is 18.6. The lowest BCUT2D eigenvalue weighted by atomic mass is 9.92. The fraction of sp³-hybridized carbons (Fsp3) is 0.391. The lowest BCUT2D eigenvalue weighted by molar-refractivity contribution is -0.132. The monoisotopic (exact) mass is 427 g/mol. The third-order valence-electron chi connectivity index (χ3n) is 5.35. The molecule has 3 rings (SSSR count). The van der Waals surface area contributed by atoms with Gasteiger partial charge in [-0.05, 0) is 49.4 Å². The van der Waals surface area contributed by atoms with Crippen LogP contribution in [0.1, 0.15) is 18.1 Å². The number of methoxy groups -OCH3 is 3. The molecule has 2 aromatic carbocycles. The number of amides is 3. The maximum Gasteiger partial charge on any atom is 0.326 e. The quantitative estimate of drug-likeness (QED) is 0.620. The first-order chi connectivity index (χ1) is 14.8. The highest BCUT2D eigenvalue weighted by molar-refractivity contribution is 6.06. The van der Waals surface area contributed by atoms with E-state index in [9.17, 15) is 9.59 Å². The predicted molar refractivity (Wildman–Crippen MR) is 116 cm³/mol. The number of nitrogens with one attached hydrogen (secondary N) is 1. The van der Waals surface area contributed by atoms with Crippen LogP contribution in [0.5, 0.6) is 17.2 Å². The van der Waals surface area contributed by atoms with E-state index in [4.69, 9.17) is 14.2 Å². The number of rotatable bonds is 9. The van der Waals surface area contributed by atoms with E-state index in [2.05, 4.69) is 5.32 Å². The highest BCUT2D eigenvalue weighted by Gasteiger charge is 2.47. The van der Waals surface area contributed by atoms with Crippen LogP contribution in [0.15, 0.2) is 42.5 Å². The summed E-state index contributed by atoms with van der Waals surface area (Å²) in [6.07, 6.45) is 0.344. The number of ether oxygens (including phenoxy) is 3. The lowest BCUT2D eigenvalue weighted by Gasteiger charge is -2.25. The summed E-state index contributed by atoms with van der Waals surface area (Å²) in [4.78, 5) is 28.9. The highest BCUT2D eigenvalue weighted by atomic mass is 16.5. The van der Waals surface area contributed by atoms with Gasteiger partial charge in [0.05, 0.1) is 28.0 Å². The summed E-state index contributed by atoms with van der Waals surface area (Å²) in [5, 5.41) is 2.85. The molecule has 1 aliphatic rings. The maximum atomic E-state index is 13.1. The fourth-order valence-corrected chi connectivity index (χ4v) is 3.73. The molecular formula is C23H29N3O5. The second-order valence-electron chi connectivity index (χ2n) is 7.87. The largest absolute Gasteiger partial charge is 0.497 e. The van der Waals surface area contributed by atoms with Gasteiger partial charge in [-0.1, -0.05) is 18.2 Å². The molecule has 1 atom stereocenters. The molecule has 1 heterocycles. The van der Waals surface area contributed by atoms with Crippen molar-refractivity contribution >= 4 is 11.9 Å². The predicted octanol–water partition coefficient (Wildman–Crippen LogP) is 2.65. The standard InChI is InChI=1S/C23H29N3O5/c1-23(13-17-8-11-19(30-4)20(12-17)31-5)21(27)26(22(28)24-23)15-25(2)14-16-6-9-18(29-3)10-7-16/h6-12H,13-15H2,1-5H3,(H,24,28)/t23-/m1/s1. The molecule has 1 saturated heterocycles. The third kappa shape index (κ3) is 4.91. The van der Waals surface area contributed by atoms with Crippen molar-refractivity contribution < 1.29 is 23.8 Å². The average Bonchev–Trinajstić information content (AvgIpc) is 2.96. The number of urea groups is 1. The van der Waals surface area contributed by atoms with Crippen LogP contribution in [-0.4, -0.2) is 62.3 Å². The van der Waals surface area contributed by atoms with Gasteiger partial charge in [0.15, 0.2) is 11.5 Å². The molecular weight excluding hydrogens is 398 g/mol. The second kappa shape index (κ2) is 9.26. The number of carbonyl (C=O) groups is 2. The first-order valence-electron chi connectivity index (χ1n) is 9.96. The SMILES string of the molecule is COc1ccc(CN(C)CN2C(=O)N[C@](C)(Cc3ccc(OC)c(OC)c3)C2=O)cc1. The number of benzene rings is 2. The fourth-order valence-electron chi connectivity index (χ4n) is 3.73. The normalized spacial score (nSPS) is 18.3. The molecule has 0 saturated carbocycles. The Morgan fingerprint density at radius 1 is 0.935 bits per heavy atom. The van der Waals surface area contributed by atoms with E-state index in [0.717, 1.165) is 16.9 Å². The van der Waals surface area contributed by atoms with Gasteiger partial charge >= 0.3 is 6.03 Å². The second-order valence-corrected chi connectivity index (χ2v) is 7.87. The van der Waals surface area contributed by atoms with E-state index in [-0.39, 0.29) is 12.6 Å². The van der Waals surface area contributed by atoms with Crippen LogP contribution in [0.3, 0.4) is 0 Å². The van der Waals surface area contributed by atoms with Gasteiger partial charge in [-0.15, -0.1) is 0 Å². The summed E-state index contributed by atoms with van der Waals surface area (Å²) < 4.78 is 15.8. The molecule has 0 radical (unpaired) electrons. The number of imide groups is 1. The summed E-state index contributed by atoms with van der Waals surface area (Å²) in [5.74, 6) is 1.72. The molecule has 1 fully saturated rings. The van der Waals surface area contributed by atoms with Crippen molar-refractivity contribution in [3.05, 3.63) is 53.6 Å². The molecule has 8 nitrogen and oxygen atoms in total. The summed E-state index contributed by atoms with van der Waals surface area (Å²) in [6, 6.07) is 12.8. The molecule has 8 heteroatoms. The van der Waals surface area contributed by atoms with E-state index in [1.165, 1.54) is 4.90 Å². The minimum atomic E-state index is -1.03. The van der Waals surface area contributed by atoms with Crippen LogP contribution in [0.2, 0.25) is 0 Å². The molecule has 0 aromatic heterocycles. The average molecular weight is 428 g/mol. The van der Waals surface area contributed by atoms with Crippen LogP contribution in [-0.2, 0) is 17.8 Å². The van der Waals surface area contributed by atoms with Crippen molar-refractivity contribution in [2.45, 2.75) is 25.4 Å². The van der Waals surface area contributed by atoms with E-state index in [1.54, 1.807) is 34.3 Å². The summed E-state index contributed by atoms with van der Waals surface area (Å²) in [7, 11) is 6.62. The molecule has 3 amide bonds. The van der Waals surface area contributed by atoms with Crippen LogP contribution in [0.25, 0.3) is 0 Å². The van der Waals surface area contributed by atoms with Crippen LogP contribution in [0.4, 0.5) is 4.79 Å². The highest BCUT2D eigenvalue weighted by Crippen LogP contribution is 2.30. The van der Waals surface area contributed by atoms with E-state index in [0.29, 0.717) is 24.5 Å². The Kier molecular flexibility index (Phi) is 6.70. The molecule has 0 bridgehead atoms. The first-order valence-corrected chi connectivity index (χ1v) is 9.96. The third-order valence-corrected chi connectivity index (χ3v) is 5.35. The molecule has 1 aliphatic heterocycles. The van der Waals surface area contributed by atoms with Crippen LogP contribution < -0.4 is 19.5 Å². The Hall–Kier alpha value is -3.26. The molecule has 0 unspecified atom stereocenters. The van der Waals surface area contributed by atoms with Gasteiger partial charge in [0.25, 0.3) is 5.91 Å². The Balaban J connectivity index is 1.67. The van der Waals surface area contributed by atoms with E-state index < -0.39 is 11.6 Å². The van der Waals surface area contributed by atoms with Crippen molar-refractivity contribution in [2.75, 3.05) is 35.0 Å². The molecule has 31 heavy (non-hydrogen) atoms. The van der Waals surface area contributed by atoms with Gasteiger partial charge in [-0.2, -0.15) is 0 Å². The van der Waals surface area contributed by atoms with Gasteiger partial charge in [-0.3, -0.25) is 9.69 Å². The summed E-state index contributed by atoms with van der Waals surface area (Å²) in [6.45, 7) is 2.53. The van der Waals surface area contributed by atoms with Gasteiger partial charge in [-0.25, -0.2) is 9.69 Å². The Morgan fingerprint density at radius 2 is 1.58 bits per heavy atom. The van der Waals surface area contributed by atoms with Crippen LogP contribution >= 0.6 is 0 Å². The molecule has 0 aliphatic carbocycles. The number of hydrogen-bond acceptors (Lipinski definition) is 6. The van der Waals surface area contributed by atoms with E-state index in [1.807, 2.05) is 48.3 Å². The van der Waals surface area contributed by atoms with Gasteiger partial charge in [0.2, 0.25) is 0 Å². The van der Waals surface area contributed by atoms with Crippen molar-refractivity contribution in [1.82, 2.24) is 15.1 Å². The van der Waals surface area contributed by atoms with Crippen molar-refractivity contribution in [3.8, 4) is 17.2 Å². The zero-order valence-corrected chi connectivity index (χ0v) is 18.6. The van der Waals surface area contributed by atoms with Crippen LogP contribution in [0, 0.1) is 0 Å². The first kappa shape index (κ1) is 22.4. The Morgan fingerprint density at radius 3 is 2.19 bits per heavy atom. The lowest BCUT2D eigenvalue weighted by Crippen LogP contribution is -2.46. The van der Waals surface area contributed by atoms with Gasteiger partial charge in [0.1, 0.15) is 11.3 Å². The number of hydrogen-bond donors (Lipinski definition) is 1.